The van der Waals surface area contributed by atoms with Gasteiger partial charge >= 0.3 is 0 Å². The van der Waals surface area contributed by atoms with Crippen molar-refractivity contribution in [1.29, 1.82) is 0 Å². The van der Waals surface area contributed by atoms with Crippen LogP contribution in [0.3, 0.4) is 0 Å². The maximum Gasteiger partial charge on any atom is 0.187 e. The van der Waals surface area contributed by atoms with Gasteiger partial charge in [0.25, 0.3) is 0 Å². The van der Waals surface area contributed by atoms with Gasteiger partial charge in [0, 0.05) is 11.8 Å². The van der Waals surface area contributed by atoms with Crippen LogP contribution >= 0.6 is 0 Å². The molecule has 0 aromatic rings. The van der Waals surface area contributed by atoms with E-state index >= 15 is 0 Å². The van der Waals surface area contributed by atoms with Crippen LogP contribution in [0.15, 0.2) is 23.8 Å². The number of rotatable bonds is 5. The lowest BCUT2D eigenvalue weighted by Crippen LogP contribution is -2.51. The van der Waals surface area contributed by atoms with E-state index in [2.05, 4.69) is 32.9 Å². The topological polar surface area (TPSA) is 66.9 Å². The van der Waals surface area contributed by atoms with E-state index in [9.17, 15) is 14.7 Å². The lowest BCUT2D eigenvalue weighted by molar-refractivity contribution is -0.134. The molecule has 1 saturated heterocycles. The first-order valence-corrected chi connectivity index (χ1v) is 12.3. The summed E-state index contributed by atoms with van der Waals surface area (Å²) in [5, 5.41) is 10.00. The third kappa shape index (κ3) is 3.08. The number of ether oxygens (including phenoxy) is 1. The zero-order valence-corrected chi connectivity index (χ0v) is 19.7. The molecule has 170 valence electrons. The first kappa shape index (κ1) is 21.6. The fourth-order valence-corrected chi connectivity index (χ4v) is 8.21. The van der Waals surface area contributed by atoms with Crippen molar-refractivity contribution >= 4 is 11.6 Å². The SMILES string of the molecule is C[C@H](CCC(=O)C(C)(C)O)[C@H]1CC[C@H]2[C@@H]3C=CC4=CC(=O)[C@@H]5O[C@@H]5[C@]4(C)[C@H]3CC[C@]12C. The van der Waals surface area contributed by atoms with Gasteiger partial charge in [-0.05, 0) is 92.6 Å². The lowest BCUT2D eigenvalue weighted by Gasteiger charge is -2.56. The molecule has 0 spiro atoms. The molecule has 0 unspecified atom stereocenters. The smallest absolute Gasteiger partial charge is 0.187 e. The normalized spacial score (nSPS) is 46.4. The number of carbonyl (C=O) groups excluding carboxylic acids is 2. The molecular formula is C27H38O4. The van der Waals surface area contributed by atoms with E-state index in [1.807, 2.05) is 6.08 Å². The fraction of sp³-hybridized carbons (Fsp3) is 0.778. The molecule has 5 aliphatic rings. The highest BCUT2D eigenvalue weighted by atomic mass is 16.6. The van der Waals surface area contributed by atoms with Crippen LogP contribution in [0.2, 0.25) is 0 Å². The van der Waals surface area contributed by atoms with Crippen LogP contribution in [0.25, 0.3) is 0 Å². The van der Waals surface area contributed by atoms with Crippen LogP contribution in [0, 0.1) is 40.4 Å². The number of hydrogen-bond acceptors (Lipinski definition) is 4. The van der Waals surface area contributed by atoms with Gasteiger partial charge in [-0.1, -0.05) is 32.9 Å². The molecule has 4 heteroatoms. The van der Waals surface area contributed by atoms with E-state index in [4.69, 9.17) is 4.74 Å². The first-order valence-electron chi connectivity index (χ1n) is 12.3. The van der Waals surface area contributed by atoms with Crippen LogP contribution in [-0.2, 0) is 14.3 Å². The summed E-state index contributed by atoms with van der Waals surface area (Å²) in [4.78, 5) is 24.5. The number of hydrogen-bond donors (Lipinski definition) is 1. The standard InChI is InChI=1S/C27H38O4/c1-15(6-11-22(29)25(2,3)30)18-9-10-19-17-8-7-16-14-21(28)23-24(31-23)27(16,5)20(17)12-13-26(18,19)4/h7-8,14-15,17-20,23-24,30H,6,9-13H2,1-5H3/t15-,17+,18-,19+,20+,23+,24+,26-,27+/m1/s1. The van der Waals surface area contributed by atoms with Crippen molar-refractivity contribution in [2.45, 2.75) is 91.0 Å². The molecular weight excluding hydrogens is 388 g/mol. The van der Waals surface area contributed by atoms with Crippen molar-refractivity contribution < 1.29 is 19.4 Å². The van der Waals surface area contributed by atoms with Gasteiger partial charge in [0.2, 0.25) is 0 Å². The Morgan fingerprint density at radius 3 is 2.71 bits per heavy atom. The van der Waals surface area contributed by atoms with Gasteiger partial charge in [-0.2, -0.15) is 0 Å². The van der Waals surface area contributed by atoms with Gasteiger partial charge < -0.3 is 9.84 Å². The second-order valence-electron chi connectivity index (χ2n) is 12.1. The Balaban J connectivity index is 1.35. The summed E-state index contributed by atoms with van der Waals surface area (Å²) in [6.07, 6.45) is 12.6. The molecule has 3 fully saturated rings. The molecule has 0 bridgehead atoms. The Morgan fingerprint density at radius 1 is 1.26 bits per heavy atom. The second-order valence-corrected chi connectivity index (χ2v) is 12.1. The Hall–Kier alpha value is -1.26. The van der Waals surface area contributed by atoms with Crippen LogP contribution < -0.4 is 0 Å². The van der Waals surface area contributed by atoms with Crippen molar-refractivity contribution in [3.05, 3.63) is 23.8 Å². The quantitative estimate of drug-likeness (QED) is 0.650. The molecule has 0 aromatic heterocycles. The lowest BCUT2D eigenvalue weighted by atomic mass is 9.48. The molecule has 1 heterocycles. The van der Waals surface area contributed by atoms with E-state index < -0.39 is 5.60 Å². The highest BCUT2D eigenvalue weighted by Gasteiger charge is 2.66. The third-order valence-corrected chi connectivity index (χ3v) is 10.2. The molecule has 2 saturated carbocycles. The van der Waals surface area contributed by atoms with Crippen molar-refractivity contribution in [2.24, 2.45) is 40.4 Å². The predicted octanol–water partition coefficient (Wildman–Crippen LogP) is 4.65. The molecule has 1 aliphatic heterocycles. The third-order valence-electron chi connectivity index (χ3n) is 10.2. The maximum atomic E-state index is 12.3. The van der Waals surface area contributed by atoms with Crippen LogP contribution in [0.1, 0.15) is 73.1 Å². The average Bonchev–Trinajstić information content (AvgIpc) is 3.44. The Labute approximate surface area is 186 Å². The zero-order valence-electron chi connectivity index (χ0n) is 19.7. The van der Waals surface area contributed by atoms with Crippen LogP contribution in [0.5, 0.6) is 0 Å². The highest BCUT2D eigenvalue weighted by Crippen LogP contribution is 2.68. The number of aliphatic hydroxyl groups is 1. The minimum atomic E-state index is -1.22. The molecule has 4 aliphatic carbocycles. The Kier molecular flexibility index (Phi) is 4.78. The van der Waals surface area contributed by atoms with E-state index in [0.717, 1.165) is 6.42 Å². The summed E-state index contributed by atoms with van der Waals surface area (Å²) in [5.74, 6) is 2.98. The highest BCUT2D eigenvalue weighted by molar-refractivity contribution is 5.98. The van der Waals surface area contributed by atoms with Crippen molar-refractivity contribution in [3.63, 3.8) is 0 Å². The minimum absolute atomic E-state index is 0.0256. The number of ketones is 2. The number of epoxide rings is 1. The summed E-state index contributed by atoms with van der Waals surface area (Å²) in [6, 6.07) is 0. The number of fused-ring (bicyclic) bond motifs is 7. The van der Waals surface area contributed by atoms with Gasteiger partial charge in [0.05, 0.1) is 0 Å². The summed E-state index contributed by atoms with van der Waals surface area (Å²) in [7, 11) is 0. The Morgan fingerprint density at radius 2 is 2.00 bits per heavy atom. The Bertz CT molecular complexity index is 863. The molecule has 0 radical (unpaired) electrons. The molecule has 0 amide bonds. The van der Waals surface area contributed by atoms with Crippen molar-refractivity contribution in [2.75, 3.05) is 0 Å². The van der Waals surface area contributed by atoms with E-state index in [0.29, 0.717) is 41.4 Å². The first-order chi connectivity index (χ1) is 14.5. The van der Waals surface area contributed by atoms with Crippen LogP contribution in [-0.4, -0.2) is 34.5 Å². The fourth-order valence-electron chi connectivity index (χ4n) is 8.21. The van der Waals surface area contributed by atoms with Gasteiger partial charge in [0.15, 0.2) is 11.6 Å². The van der Waals surface area contributed by atoms with Crippen molar-refractivity contribution in [1.82, 2.24) is 0 Å². The average molecular weight is 427 g/mol. The molecule has 9 atom stereocenters. The summed E-state index contributed by atoms with van der Waals surface area (Å²) >= 11 is 0. The van der Waals surface area contributed by atoms with E-state index in [1.165, 1.54) is 31.3 Å². The van der Waals surface area contributed by atoms with Gasteiger partial charge in [-0.25, -0.2) is 0 Å². The zero-order chi connectivity index (χ0) is 22.3. The number of Topliss-reactive ketones (excluding diaryl/α,β-unsaturated/α-hetero) is 1. The molecule has 4 nitrogen and oxygen atoms in total. The minimum Gasteiger partial charge on any atom is -0.383 e. The number of carbonyl (C=O) groups is 2. The number of allylic oxidation sites excluding steroid dienone is 2. The summed E-state index contributed by atoms with van der Waals surface area (Å²) in [6.45, 7) is 10.4. The largest absolute Gasteiger partial charge is 0.383 e. The summed E-state index contributed by atoms with van der Waals surface area (Å²) < 4.78 is 5.90. The molecule has 1 N–H and O–H groups in total. The monoisotopic (exact) mass is 426 g/mol. The predicted molar refractivity (Wildman–Crippen MR) is 119 cm³/mol. The molecule has 0 aromatic carbocycles. The van der Waals surface area contributed by atoms with E-state index in [-0.39, 0.29) is 29.2 Å². The summed E-state index contributed by atoms with van der Waals surface area (Å²) in [5.41, 5.74) is 0.239. The second kappa shape index (κ2) is 6.87. The molecule has 31 heavy (non-hydrogen) atoms. The van der Waals surface area contributed by atoms with Crippen LogP contribution in [0.4, 0.5) is 0 Å². The van der Waals surface area contributed by atoms with Gasteiger partial charge in [-0.3, -0.25) is 9.59 Å². The van der Waals surface area contributed by atoms with Gasteiger partial charge in [0.1, 0.15) is 17.8 Å². The van der Waals surface area contributed by atoms with Crippen molar-refractivity contribution in [3.8, 4) is 0 Å². The molecule has 5 rings (SSSR count). The van der Waals surface area contributed by atoms with E-state index in [1.54, 1.807) is 13.8 Å². The maximum absolute atomic E-state index is 12.3. The van der Waals surface area contributed by atoms with Gasteiger partial charge in [-0.15, -0.1) is 0 Å².